The molecule has 0 radical (unpaired) electrons. The number of benzene rings is 2. The van der Waals surface area contributed by atoms with Gasteiger partial charge in [-0.15, -0.1) is 0 Å². The lowest BCUT2D eigenvalue weighted by Crippen LogP contribution is -2.09. The molecule has 0 saturated heterocycles. The van der Waals surface area contributed by atoms with Gasteiger partial charge in [0, 0.05) is 12.0 Å². The molecular formula is C15H14N2O2. The van der Waals surface area contributed by atoms with Gasteiger partial charge in [0.1, 0.15) is 11.5 Å². The summed E-state index contributed by atoms with van der Waals surface area (Å²) < 4.78 is 0. The molecule has 2 aromatic rings. The molecule has 0 amide bonds. The van der Waals surface area contributed by atoms with E-state index in [0.29, 0.717) is 6.42 Å². The van der Waals surface area contributed by atoms with Gasteiger partial charge in [0.2, 0.25) is 0 Å². The third-order valence-electron chi connectivity index (χ3n) is 3.24. The van der Waals surface area contributed by atoms with Crippen LogP contribution in [-0.2, 0) is 0 Å². The molecule has 1 heterocycles. The van der Waals surface area contributed by atoms with Gasteiger partial charge in [-0.2, -0.15) is 5.10 Å². The van der Waals surface area contributed by atoms with E-state index in [9.17, 15) is 10.2 Å². The van der Waals surface area contributed by atoms with Gasteiger partial charge in [0.05, 0.1) is 11.8 Å². The van der Waals surface area contributed by atoms with E-state index < -0.39 is 0 Å². The number of para-hydroxylation sites is 1. The summed E-state index contributed by atoms with van der Waals surface area (Å²) in [5.41, 5.74) is 5.60. The fraction of sp³-hybridized carbons (Fsp3) is 0.133. The number of nitrogens with zero attached hydrogens (tertiary/aromatic N) is 1. The quantitative estimate of drug-likeness (QED) is 0.771. The first-order valence-corrected chi connectivity index (χ1v) is 6.13. The van der Waals surface area contributed by atoms with Crippen LogP contribution in [0.15, 0.2) is 53.6 Å². The molecular weight excluding hydrogens is 240 g/mol. The summed E-state index contributed by atoms with van der Waals surface area (Å²) in [5, 5.41) is 23.6. The number of hydrazone groups is 1. The van der Waals surface area contributed by atoms with E-state index in [1.807, 2.05) is 24.3 Å². The van der Waals surface area contributed by atoms with E-state index >= 15 is 0 Å². The summed E-state index contributed by atoms with van der Waals surface area (Å²) in [6, 6.07) is 14.3. The second-order valence-electron chi connectivity index (χ2n) is 4.56. The van der Waals surface area contributed by atoms with Gasteiger partial charge in [-0.05, 0) is 29.8 Å². The first-order valence-electron chi connectivity index (χ1n) is 6.13. The Morgan fingerprint density at radius 2 is 1.89 bits per heavy atom. The topological polar surface area (TPSA) is 64.8 Å². The minimum absolute atomic E-state index is 0.0294. The Bertz CT molecular complexity index is 638. The van der Waals surface area contributed by atoms with Crippen molar-refractivity contribution in [1.29, 1.82) is 0 Å². The Kier molecular flexibility index (Phi) is 2.83. The van der Waals surface area contributed by atoms with Crippen molar-refractivity contribution in [3.05, 3.63) is 59.7 Å². The highest BCUT2D eigenvalue weighted by atomic mass is 16.3. The standard InChI is InChI=1S/C15H14N2O2/c18-11-5-3-4-10(8-11)13-9-14(17-16-13)12-6-1-2-7-15(12)19/h1-8,13,16,18-19H,9H2. The van der Waals surface area contributed by atoms with Crippen LogP contribution in [0.3, 0.4) is 0 Å². The van der Waals surface area contributed by atoms with E-state index in [-0.39, 0.29) is 17.5 Å². The highest BCUT2D eigenvalue weighted by Crippen LogP contribution is 2.29. The van der Waals surface area contributed by atoms with Gasteiger partial charge in [-0.3, -0.25) is 0 Å². The maximum atomic E-state index is 9.82. The Labute approximate surface area is 111 Å². The lowest BCUT2D eigenvalue weighted by molar-refractivity contribution is 0.472. The maximum Gasteiger partial charge on any atom is 0.124 e. The fourth-order valence-electron chi connectivity index (χ4n) is 2.26. The second kappa shape index (κ2) is 4.65. The molecule has 0 aliphatic carbocycles. The van der Waals surface area contributed by atoms with E-state index in [2.05, 4.69) is 10.5 Å². The van der Waals surface area contributed by atoms with Crippen LogP contribution >= 0.6 is 0 Å². The molecule has 4 heteroatoms. The largest absolute Gasteiger partial charge is 0.508 e. The SMILES string of the molecule is Oc1cccc(C2CC(c3ccccc3O)=NN2)c1. The van der Waals surface area contributed by atoms with Crippen LogP contribution < -0.4 is 5.43 Å². The van der Waals surface area contributed by atoms with E-state index in [1.54, 1.807) is 24.3 Å². The molecule has 1 aliphatic heterocycles. The zero-order valence-electron chi connectivity index (χ0n) is 10.2. The number of hydrogen-bond acceptors (Lipinski definition) is 4. The third-order valence-corrected chi connectivity index (χ3v) is 3.24. The summed E-state index contributed by atoms with van der Waals surface area (Å²) in [4.78, 5) is 0. The van der Waals surface area contributed by atoms with Crippen molar-refractivity contribution in [2.45, 2.75) is 12.5 Å². The molecule has 0 saturated carbocycles. The number of nitrogens with one attached hydrogen (secondary N) is 1. The van der Waals surface area contributed by atoms with Crippen LogP contribution in [0.4, 0.5) is 0 Å². The van der Waals surface area contributed by atoms with Gasteiger partial charge in [-0.25, -0.2) is 0 Å². The predicted molar refractivity (Wildman–Crippen MR) is 73.2 cm³/mol. The number of rotatable bonds is 2. The fourth-order valence-corrected chi connectivity index (χ4v) is 2.26. The summed E-state index contributed by atoms with van der Waals surface area (Å²) in [6.45, 7) is 0. The van der Waals surface area contributed by atoms with Gasteiger partial charge in [-0.1, -0.05) is 24.3 Å². The number of hydrogen-bond donors (Lipinski definition) is 3. The Balaban J connectivity index is 1.82. The average molecular weight is 254 g/mol. The third kappa shape index (κ3) is 2.25. The van der Waals surface area contributed by atoms with Crippen molar-refractivity contribution in [2.24, 2.45) is 5.10 Å². The van der Waals surface area contributed by atoms with Crippen LogP contribution in [0, 0.1) is 0 Å². The van der Waals surface area contributed by atoms with Crippen LogP contribution in [0.2, 0.25) is 0 Å². The van der Waals surface area contributed by atoms with E-state index in [4.69, 9.17) is 0 Å². The number of phenolic OH excluding ortho intramolecular Hbond substituents is 2. The molecule has 0 bridgehead atoms. The zero-order chi connectivity index (χ0) is 13.2. The minimum atomic E-state index is 0.0294. The minimum Gasteiger partial charge on any atom is -0.508 e. The van der Waals surface area contributed by atoms with Crippen molar-refractivity contribution in [1.82, 2.24) is 5.43 Å². The Hall–Kier alpha value is -2.49. The average Bonchev–Trinajstić information content (AvgIpc) is 2.89. The second-order valence-corrected chi connectivity index (χ2v) is 4.56. The predicted octanol–water partition coefficient (Wildman–Crippen LogP) is 2.54. The van der Waals surface area contributed by atoms with Crippen LogP contribution in [0.5, 0.6) is 11.5 Å². The van der Waals surface area contributed by atoms with Crippen molar-refractivity contribution in [3.8, 4) is 11.5 Å². The van der Waals surface area contributed by atoms with Gasteiger partial charge in [0.25, 0.3) is 0 Å². The molecule has 0 spiro atoms. The van der Waals surface area contributed by atoms with E-state index in [1.165, 1.54) is 0 Å². The summed E-state index contributed by atoms with van der Waals surface area (Å²) in [7, 11) is 0. The lowest BCUT2D eigenvalue weighted by atomic mass is 9.98. The molecule has 2 aromatic carbocycles. The number of phenols is 2. The first kappa shape index (κ1) is 11.6. The molecule has 96 valence electrons. The molecule has 1 unspecified atom stereocenters. The molecule has 3 rings (SSSR count). The van der Waals surface area contributed by atoms with E-state index in [0.717, 1.165) is 16.8 Å². The van der Waals surface area contributed by atoms with Crippen LogP contribution in [-0.4, -0.2) is 15.9 Å². The highest BCUT2D eigenvalue weighted by Gasteiger charge is 2.22. The van der Waals surface area contributed by atoms with Crippen molar-refractivity contribution in [2.75, 3.05) is 0 Å². The van der Waals surface area contributed by atoms with Gasteiger partial charge >= 0.3 is 0 Å². The normalized spacial score (nSPS) is 17.9. The van der Waals surface area contributed by atoms with Gasteiger partial charge < -0.3 is 15.6 Å². The molecule has 0 aromatic heterocycles. The maximum absolute atomic E-state index is 9.82. The lowest BCUT2D eigenvalue weighted by Gasteiger charge is -2.10. The smallest absolute Gasteiger partial charge is 0.124 e. The Morgan fingerprint density at radius 3 is 2.68 bits per heavy atom. The molecule has 1 atom stereocenters. The Morgan fingerprint density at radius 1 is 1.05 bits per heavy atom. The molecule has 1 aliphatic rings. The first-order chi connectivity index (χ1) is 9.24. The molecule has 3 N–H and O–H groups in total. The number of aromatic hydroxyl groups is 2. The van der Waals surface area contributed by atoms with Crippen molar-refractivity contribution in [3.63, 3.8) is 0 Å². The van der Waals surface area contributed by atoms with Crippen LogP contribution in [0.25, 0.3) is 0 Å². The zero-order valence-corrected chi connectivity index (χ0v) is 10.2. The molecule has 4 nitrogen and oxygen atoms in total. The van der Waals surface area contributed by atoms with Gasteiger partial charge in [0.15, 0.2) is 0 Å². The van der Waals surface area contributed by atoms with Crippen molar-refractivity contribution < 1.29 is 10.2 Å². The van der Waals surface area contributed by atoms with Crippen molar-refractivity contribution >= 4 is 5.71 Å². The summed E-state index contributed by atoms with van der Waals surface area (Å²) >= 11 is 0. The molecule has 0 fully saturated rings. The summed E-state index contributed by atoms with van der Waals surface area (Å²) in [6.07, 6.45) is 0.682. The molecule has 19 heavy (non-hydrogen) atoms. The monoisotopic (exact) mass is 254 g/mol. The van der Waals surface area contributed by atoms with Crippen LogP contribution in [0.1, 0.15) is 23.6 Å². The highest BCUT2D eigenvalue weighted by molar-refractivity contribution is 6.03. The summed E-state index contributed by atoms with van der Waals surface area (Å²) in [5.74, 6) is 0.481.